The number of hydrogen-bond donors (Lipinski definition) is 1. The van der Waals surface area contributed by atoms with Crippen LogP contribution in [0.4, 0.5) is 0 Å². The fraction of sp³-hybridized carbons (Fsp3) is 0.600. The molecule has 0 saturated carbocycles. The molecule has 2 heterocycles. The molecule has 2 aromatic heterocycles. The molecule has 5 heteroatoms. The summed E-state index contributed by atoms with van der Waals surface area (Å²) in [6.07, 6.45) is 6.05. The topological polar surface area (TPSA) is 47.7 Å². The fourth-order valence-corrected chi connectivity index (χ4v) is 2.30. The second kappa shape index (κ2) is 5.79. The Morgan fingerprint density at radius 2 is 2.00 bits per heavy atom. The van der Waals surface area contributed by atoms with Gasteiger partial charge in [-0.25, -0.2) is 0 Å². The van der Waals surface area contributed by atoms with E-state index in [0.717, 1.165) is 19.6 Å². The van der Waals surface area contributed by atoms with Gasteiger partial charge >= 0.3 is 0 Å². The van der Waals surface area contributed by atoms with Crippen molar-refractivity contribution in [2.24, 2.45) is 7.05 Å². The number of rotatable bonds is 5. The second-order valence-corrected chi connectivity index (χ2v) is 6.38. The zero-order chi connectivity index (χ0) is 14.8. The Bertz CT molecular complexity index is 559. The van der Waals surface area contributed by atoms with E-state index < -0.39 is 0 Å². The van der Waals surface area contributed by atoms with E-state index >= 15 is 0 Å². The molecule has 0 spiro atoms. The van der Waals surface area contributed by atoms with E-state index in [1.165, 1.54) is 16.8 Å². The van der Waals surface area contributed by atoms with Crippen LogP contribution in [0.2, 0.25) is 0 Å². The summed E-state index contributed by atoms with van der Waals surface area (Å²) in [5, 5.41) is 12.3. The maximum atomic E-state index is 4.58. The molecule has 0 bridgehead atoms. The average molecular weight is 275 g/mol. The van der Waals surface area contributed by atoms with E-state index in [0.29, 0.717) is 0 Å². The Hall–Kier alpha value is -1.62. The van der Waals surface area contributed by atoms with Gasteiger partial charge in [0.2, 0.25) is 0 Å². The average Bonchev–Trinajstić information content (AvgIpc) is 2.90. The van der Waals surface area contributed by atoms with Gasteiger partial charge in [0.25, 0.3) is 0 Å². The Morgan fingerprint density at radius 3 is 2.60 bits per heavy atom. The lowest BCUT2D eigenvalue weighted by Gasteiger charge is -2.17. The lowest BCUT2D eigenvalue weighted by atomic mass is 9.89. The molecule has 0 radical (unpaired) electrons. The van der Waals surface area contributed by atoms with E-state index in [-0.39, 0.29) is 5.41 Å². The van der Waals surface area contributed by atoms with Crippen LogP contribution in [0.1, 0.15) is 37.6 Å². The van der Waals surface area contributed by atoms with Gasteiger partial charge in [-0.2, -0.15) is 10.2 Å². The van der Waals surface area contributed by atoms with E-state index in [9.17, 15) is 0 Å². The van der Waals surface area contributed by atoms with E-state index in [1.807, 2.05) is 22.6 Å². The summed E-state index contributed by atoms with van der Waals surface area (Å²) in [4.78, 5) is 0. The zero-order valence-electron chi connectivity index (χ0n) is 13.1. The summed E-state index contributed by atoms with van der Waals surface area (Å²) < 4.78 is 3.87. The predicted octanol–water partition coefficient (Wildman–Crippen LogP) is 2.01. The maximum absolute atomic E-state index is 4.58. The van der Waals surface area contributed by atoms with Crippen molar-refractivity contribution in [3.8, 4) is 0 Å². The Morgan fingerprint density at radius 1 is 1.25 bits per heavy atom. The molecule has 20 heavy (non-hydrogen) atoms. The SMILES string of the molecule is Cc1cnn(CCNCc2cn(C)nc2C(C)(C)C)c1. The maximum Gasteiger partial charge on any atom is 0.0722 e. The normalized spacial score (nSPS) is 12.1. The molecule has 0 aliphatic carbocycles. The highest BCUT2D eigenvalue weighted by Crippen LogP contribution is 2.23. The van der Waals surface area contributed by atoms with Crippen LogP contribution in [0, 0.1) is 6.92 Å². The zero-order valence-corrected chi connectivity index (χ0v) is 13.1. The fourth-order valence-electron chi connectivity index (χ4n) is 2.30. The molecular weight excluding hydrogens is 250 g/mol. The minimum absolute atomic E-state index is 0.0807. The van der Waals surface area contributed by atoms with Crippen LogP contribution in [0.5, 0.6) is 0 Å². The molecule has 0 aliphatic heterocycles. The number of aryl methyl sites for hydroxylation is 2. The van der Waals surface area contributed by atoms with Crippen molar-refractivity contribution < 1.29 is 0 Å². The highest BCUT2D eigenvalue weighted by atomic mass is 15.3. The molecule has 0 fully saturated rings. The van der Waals surface area contributed by atoms with Gasteiger partial charge in [-0.3, -0.25) is 9.36 Å². The predicted molar refractivity (Wildman–Crippen MR) is 80.6 cm³/mol. The quantitative estimate of drug-likeness (QED) is 0.849. The highest BCUT2D eigenvalue weighted by Gasteiger charge is 2.21. The molecule has 0 amide bonds. The van der Waals surface area contributed by atoms with Gasteiger partial charge in [0.05, 0.1) is 18.4 Å². The first-order chi connectivity index (χ1) is 9.36. The van der Waals surface area contributed by atoms with Crippen molar-refractivity contribution in [1.82, 2.24) is 24.9 Å². The molecule has 1 N–H and O–H groups in total. The summed E-state index contributed by atoms with van der Waals surface area (Å²) in [7, 11) is 1.98. The Kier molecular flexibility index (Phi) is 4.28. The summed E-state index contributed by atoms with van der Waals surface area (Å²) in [6.45, 7) is 11.3. The van der Waals surface area contributed by atoms with Crippen LogP contribution in [0.25, 0.3) is 0 Å². The monoisotopic (exact) mass is 275 g/mol. The van der Waals surface area contributed by atoms with Crippen LogP contribution in [-0.2, 0) is 25.6 Å². The van der Waals surface area contributed by atoms with Gasteiger partial charge in [-0.1, -0.05) is 20.8 Å². The Labute approximate surface area is 121 Å². The van der Waals surface area contributed by atoms with Crippen LogP contribution < -0.4 is 5.32 Å². The molecule has 2 rings (SSSR count). The first-order valence-corrected chi connectivity index (χ1v) is 7.09. The third kappa shape index (κ3) is 3.70. The van der Waals surface area contributed by atoms with Gasteiger partial charge in [0.1, 0.15) is 0 Å². The molecule has 5 nitrogen and oxygen atoms in total. The molecular formula is C15H25N5. The van der Waals surface area contributed by atoms with E-state index in [2.05, 4.69) is 55.6 Å². The van der Waals surface area contributed by atoms with Gasteiger partial charge < -0.3 is 5.32 Å². The Balaban J connectivity index is 1.88. The largest absolute Gasteiger partial charge is 0.311 e. The highest BCUT2D eigenvalue weighted by molar-refractivity contribution is 5.23. The summed E-state index contributed by atoms with van der Waals surface area (Å²) in [6, 6.07) is 0. The minimum atomic E-state index is 0.0807. The first-order valence-electron chi connectivity index (χ1n) is 7.09. The van der Waals surface area contributed by atoms with Gasteiger partial charge in [-0.15, -0.1) is 0 Å². The van der Waals surface area contributed by atoms with Crippen molar-refractivity contribution in [3.05, 3.63) is 35.4 Å². The van der Waals surface area contributed by atoms with Crippen LogP contribution in [-0.4, -0.2) is 26.1 Å². The second-order valence-electron chi connectivity index (χ2n) is 6.38. The molecule has 2 aromatic rings. The standard InChI is InChI=1S/C15H25N5/c1-12-8-17-20(10-12)7-6-16-9-13-11-19(5)18-14(13)15(2,3)4/h8,10-11,16H,6-7,9H2,1-5H3. The summed E-state index contributed by atoms with van der Waals surface area (Å²) in [5.41, 5.74) is 3.73. The number of nitrogens with zero attached hydrogens (tertiary/aromatic N) is 4. The van der Waals surface area contributed by atoms with Gasteiger partial charge in [0.15, 0.2) is 0 Å². The smallest absolute Gasteiger partial charge is 0.0722 e. The minimum Gasteiger partial charge on any atom is -0.311 e. The third-order valence-corrected chi connectivity index (χ3v) is 3.21. The third-order valence-electron chi connectivity index (χ3n) is 3.21. The van der Waals surface area contributed by atoms with Crippen molar-refractivity contribution >= 4 is 0 Å². The summed E-state index contributed by atoms with van der Waals surface area (Å²) in [5.74, 6) is 0. The number of nitrogens with one attached hydrogen (secondary N) is 1. The molecule has 0 unspecified atom stereocenters. The first kappa shape index (κ1) is 14.8. The lowest BCUT2D eigenvalue weighted by molar-refractivity contribution is 0.531. The molecule has 0 aliphatic rings. The van der Waals surface area contributed by atoms with Crippen LogP contribution in [0.3, 0.4) is 0 Å². The molecule has 0 aromatic carbocycles. The lowest BCUT2D eigenvalue weighted by Crippen LogP contribution is -2.22. The molecule has 0 atom stereocenters. The molecule has 110 valence electrons. The van der Waals surface area contributed by atoms with E-state index in [1.54, 1.807) is 0 Å². The van der Waals surface area contributed by atoms with Crippen LogP contribution >= 0.6 is 0 Å². The number of aromatic nitrogens is 4. The van der Waals surface area contributed by atoms with Crippen molar-refractivity contribution in [2.75, 3.05) is 6.54 Å². The summed E-state index contributed by atoms with van der Waals surface area (Å²) >= 11 is 0. The van der Waals surface area contributed by atoms with Crippen LogP contribution in [0.15, 0.2) is 18.6 Å². The van der Waals surface area contributed by atoms with Crippen molar-refractivity contribution in [3.63, 3.8) is 0 Å². The van der Waals surface area contributed by atoms with Gasteiger partial charge in [0, 0.05) is 43.5 Å². The van der Waals surface area contributed by atoms with Crippen molar-refractivity contribution in [2.45, 2.75) is 46.2 Å². The van der Waals surface area contributed by atoms with Gasteiger partial charge in [-0.05, 0) is 12.5 Å². The molecule has 0 saturated heterocycles. The van der Waals surface area contributed by atoms with E-state index in [4.69, 9.17) is 0 Å². The number of hydrogen-bond acceptors (Lipinski definition) is 3. The van der Waals surface area contributed by atoms with Crippen molar-refractivity contribution in [1.29, 1.82) is 0 Å².